The van der Waals surface area contributed by atoms with E-state index in [2.05, 4.69) is 37.8 Å². The van der Waals surface area contributed by atoms with Gasteiger partial charge >= 0.3 is 18.8 Å². The molecule has 2 aromatic rings. The van der Waals surface area contributed by atoms with Gasteiger partial charge in [0.05, 0.1) is 18.3 Å². The van der Waals surface area contributed by atoms with Crippen LogP contribution >= 0.6 is 0 Å². The number of aryl methyl sites for hydroxylation is 1. The molecule has 1 unspecified atom stereocenters. The fraction of sp³-hybridized carbons (Fsp3) is 0.643. The smallest absolute Gasteiger partial charge is 0.435 e. The number of hydrazone groups is 2. The van der Waals surface area contributed by atoms with Crippen LogP contribution in [0.2, 0.25) is 0 Å². The van der Waals surface area contributed by atoms with E-state index in [1.165, 1.54) is 28.4 Å². The van der Waals surface area contributed by atoms with Crippen molar-refractivity contribution < 1.29 is 41.0 Å². The molecule has 0 aliphatic carbocycles. The summed E-state index contributed by atoms with van der Waals surface area (Å²) in [6, 6.07) is 0.941. The summed E-state index contributed by atoms with van der Waals surface area (Å²) in [6.07, 6.45) is 0.942. The number of ether oxygens (including phenoxy) is 2. The van der Waals surface area contributed by atoms with E-state index in [0.717, 1.165) is 24.5 Å². The monoisotopic (exact) mass is 663 g/mol. The Hall–Kier alpha value is -4.09. The molecule has 1 saturated heterocycles. The van der Waals surface area contributed by atoms with Gasteiger partial charge in [-0.2, -0.15) is 47.5 Å². The highest BCUT2D eigenvalue weighted by Crippen LogP contribution is 2.29. The molecule has 13 nitrogen and oxygen atoms in total. The molecule has 2 aromatic heterocycles. The number of nitrogens with one attached hydrogen (secondary N) is 2. The topological polar surface area (TPSA) is 140 Å². The molecular formula is C28H42F5N9O4. The van der Waals surface area contributed by atoms with E-state index in [1.54, 1.807) is 41.5 Å². The normalized spacial score (nSPS) is 15.7. The summed E-state index contributed by atoms with van der Waals surface area (Å²) in [6.45, 7) is 11.1. The van der Waals surface area contributed by atoms with Crippen molar-refractivity contribution in [3.05, 3.63) is 35.4 Å². The first-order valence-electron chi connectivity index (χ1n) is 14.4. The number of nitrogens with zero attached hydrogens (tertiary/aromatic N) is 7. The number of carbonyl (C=O) groups is 2. The Bertz CT molecular complexity index is 1310. The summed E-state index contributed by atoms with van der Waals surface area (Å²) in [5.41, 5.74) is -1.80. The van der Waals surface area contributed by atoms with Gasteiger partial charge in [-0.25, -0.2) is 9.48 Å². The van der Waals surface area contributed by atoms with Crippen molar-refractivity contribution in [2.24, 2.45) is 10.2 Å². The first-order chi connectivity index (χ1) is 21.3. The molecular weight excluding hydrogens is 621 g/mol. The van der Waals surface area contributed by atoms with Crippen molar-refractivity contribution in [2.75, 3.05) is 13.2 Å². The summed E-state index contributed by atoms with van der Waals surface area (Å²) in [7, 11) is 0. The van der Waals surface area contributed by atoms with Gasteiger partial charge in [-0.15, -0.1) is 0 Å². The lowest BCUT2D eigenvalue weighted by Gasteiger charge is -2.28. The van der Waals surface area contributed by atoms with E-state index < -0.39 is 41.6 Å². The molecule has 1 aliphatic heterocycles. The minimum Gasteiger partial charge on any atom is -0.444 e. The molecule has 258 valence electrons. The number of rotatable bonds is 11. The minimum atomic E-state index is -4.65. The van der Waals surface area contributed by atoms with Gasteiger partial charge < -0.3 is 20.1 Å². The standard InChI is InChI=1S/C23H36F3N7O4.C5H6F2N2/c1-21(2,3)37-20(35)28-14-18(34)30-22(4,5)15-32-16(13-17(31-32)23(24,25)26)10-11-29-33(27-6)19-9-7-8-12-36-19;1-4-2-8-9(3-4)5(6)7/h11,13,19H,6-10,12,14-15H2,1-5H3,(H,28,35)(H,30,34);2-3,5H,1H3/b29-11-;. The van der Waals surface area contributed by atoms with Crippen LogP contribution in [0, 0.1) is 6.92 Å². The van der Waals surface area contributed by atoms with E-state index in [4.69, 9.17) is 9.47 Å². The lowest BCUT2D eigenvalue weighted by molar-refractivity contribution is -0.141. The summed E-state index contributed by atoms with van der Waals surface area (Å²) >= 11 is 0. The van der Waals surface area contributed by atoms with Crippen molar-refractivity contribution in [2.45, 2.75) is 104 Å². The highest BCUT2D eigenvalue weighted by molar-refractivity contribution is 5.82. The Balaban J connectivity index is 0.000000700. The second-order valence-electron chi connectivity index (χ2n) is 12.0. The van der Waals surface area contributed by atoms with Crippen LogP contribution in [0.3, 0.4) is 0 Å². The fourth-order valence-electron chi connectivity index (χ4n) is 4.06. The Kier molecular flexibility index (Phi) is 13.6. The average Bonchev–Trinajstić information content (AvgIpc) is 3.55. The van der Waals surface area contributed by atoms with Gasteiger partial charge in [0, 0.05) is 37.9 Å². The van der Waals surface area contributed by atoms with Crippen LogP contribution in [-0.4, -0.2) is 80.1 Å². The van der Waals surface area contributed by atoms with Crippen LogP contribution in [0.15, 0.2) is 28.7 Å². The van der Waals surface area contributed by atoms with E-state index >= 15 is 0 Å². The van der Waals surface area contributed by atoms with Gasteiger partial charge in [0.25, 0.3) is 0 Å². The van der Waals surface area contributed by atoms with Gasteiger partial charge in [0.15, 0.2) is 11.9 Å². The van der Waals surface area contributed by atoms with Crippen LogP contribution in [0.5, 0.6) is 0 Å². The lowest BCUT2D eigenvalue weighted by atomic mass is 10.1. The predicted octanol–water partition coefficient (Wildman–Crippen LogP) is 4.88. The zero-order chi connectivity index (χ0) is 34.7. The van der Waals surface area contributed by atoms with Crippen molar-refractivity contribution in [1.29, 1.82) is 0 Å². The van der Waals surface area contributed by atoms with Gasteiger partial charge in [-0.1, -0.05) is 0 Å². The number of hydrogen-bond acceptors (Lipinski definition) is 9. The molecule has 1 fully saturated rings. The van der Waals surface area contributed by atoms with Gasteiger partial charge in [0.1, 0.15) is 12.1 Å². The zero-order valence-corrected chi connectivity index (χ0v) is 26.8. The molecule has 1 atom stereocenters. The Labute approximate surface area is 264 Å². The first-order valence-corrected chi connectivity index (χ1v) is 14.4. The second kappa shape index (κ2) is 16.5. The molecule has 3 rings (SSSR count). The maximum absolute atomic E-state index is 13.4. The van der Waals surface area contributed by atoms with Crippen LogP contribution in [0.4, 0.5) is 26.7 Å². The molecule has 0 aromatic carbocycles. The van der Waals surface area contributed by atoms with Crippen molar-refractivity contribution >= 4 is 24.9 Å². The Morgan fingerprint density at radius 3 is 2.43 bits per heavy atom. The van der Waals surface area contributed by atoms with Gasteiger partial charge in [0.2, 0.25) is 5.91 Å². The molecule has 0 spiro atoms. The summed E-state index contributed by atoms with van der Waals surface area (Å²) in [5.74, 6) is -0.539. The molecule has 18 heteroatoms. The highest BCUT2D eigenvalue weighted by Gasteiger charge is 2.35. The third-order valence-corrected chi connectivity index (χ3v) is 5.96. The van der Waals surface area contributed by atoms with Gasteiger partial charge in [-0.3, -0.25) is 9.48 Å². The third-order valence-electron chi connectivity index (χ3n) is 5.96. The number of hydrogen-bond donors (Lipinski definition) is 2. The number of alkyl carbamates (subject to hydrolysis) is 1. The number of alkyl halides is 5. The summed E-state index contributed by atoms with van der Waals surface area (Å²) in [5, 5.41) is 21.4. The van der Waals surface area contributed by atoms with E-state index in [1.807, 2.05) is 0 Å². The van der Waals surface area contributed by atoms with Crippen LogP contribution in [-0.2, 0) is 33.4 Å². The Morgan fingerprint density at radius 1 is 1.24 bits per heavy atom. The van der Waals surface area contributed by atoms with Crippen LogP contribution in [0.25, 0.3) is 0 Å². The molecule has 0 radical (unpaired) electrons. The molecule has 2 N–H and O–H groups in total. The largest absolute Gasteiger partial charge is 0.444 e. The van der Waals surface area contributed by atoms with Crippen molar-refractivity contribution in [3.8, 4) is 0 Å². The molecule has 0 saturated carbocycles. The highest BCUT2D eigenvalue weighted by atomic mass is 19.4. The predicted molar refractivity (Wildman–Crippen MR) is 159 cm³/mol. The van der Waals surface area contributed by atoms with Crippen LogP contribution < -0.4 is 10.6 Å². The number of amides is 2. The fourth-order valence-corrected chi connectivity index (χ4v) is 4.06. The quantitative estimate of drug-likeness (QED) is 0.198. The summed E-state index contributed by atoms with van der Waals surface area (Å²) in [4.78, 5) is 24.1. The van der Waals surface area contributed by atoms with Gasteiger partial charge in [-0.05, 0) is 72.4 Å². The minimum absolute atomic E-state index is 0.0199. The van der Waals surface area contributed by atoms with Crippen molar-refractivity contribution in [3.63, 3.8) is 0 Å². The van der Waals surface area contributed by atoms with Crippen LogP contribution in [0.1, 0.15) is 77.4 Å². The maximum Gasteiger partial charge on any atom is 0.435 e. The molecule has 1 aliphatic rings. The third kappa shape index (κ3) is 13.5. The lowest BCUT2D eigenvalue weighted by Crippen LogP contribution is -2.50. The maximum atomic E-state index is 13.4. The second-order valence-corrected chi connectivity index (χ2v) is 12.0. The SMILES string of the molecule is C=NN(/N=C\Cc1cc(C(F)(F)F)nn1CC(C)(C)NC(=O)CNC(=O)OC(C)(C)C)C1CCCCO1.Cc1cnn(C(F)F)c1. The van der Waals surface area contributed by atoms with E-state index in [0.29, 0.717) is 17.7 Å². The first kappa shape index (κ1) is 38.1. The number of halogens is 5. The molecule has 0 bridgehead atoms. The van der Waals surface area contributed by atoms with E-state index in [-0.39, 0.29) is 31.4 Å². The Morgan fingerprint density at radius 2 is 1.93 bits per heavy atom. The van der Waals surface area contributed by atoms with E-state index in [9.17, 15) is 31.5 Å². The molecule has 46 heavy (non-hydrogen) atoms. The zero-order valence-electron chi connectivity index (χ0n) is 26.8. The summed E-state index contributed by atoms with van der Waals surface area (Å²) < 4.78 is 76.0. The molecule has 2 amide bonds. The van der Waals surface area contributed by atoms with Crippen molar-refractivity contribution in [1.82, 2.24) is 35.3 Å². The average molecular weight is 664 g/mol. The molecule has 3 heterocycles. The number of aromatic nitrogens is 4. The number of carbonyl (C=O) groups excluding carboxylic acids is 2.